The van der Waals surface area contributed by atoms with Gasteiger partial charge in [0.2, 0.25) is 0 Å². The first-order valence-corrected chi connectivity index (χ1v) is 7.11. The van der Waals surface area contributed by atoms with Crippen molar-refractivity contribution < 1.29 is 38.4 Å². The van der Waals surface area contributed by atoms with E-state index < -0.39 is 17.9 Å². The molecule has 0 amide bonds. The molecule has 1 heterocycles. The Morgan fingerprint density at radius 1 is 1.04 bits per heavy atom. The maximum absolute atomic E-state index is 12.3. The summed E-state index contributed by atoms with van der Waals surface area (Å²) in [5.74, 6) is -2.76. The van der Waals surface area contributed by atoms with E-state index in [1.807, 2.05) is 0 Å². The number of rotatable bonds is 4. The van der Waals surface area contributed by atoms with Crippen molar-refractivity contribution in [1.29, 1.82) is 0 Å². The topological polar surface area (TPSA) is 112 Å². The highest BCUT2D eigenvalue weighted by Gasteiger charge is 2.34. The molecule has 0 aliphatic carbocycles. The molecule has 1 aromatic carbocycles. The van der Waals surface area contributed by atoms with Gasteiger partial charge in [-0.2, -0.15) is 0 Å². The highest BCUT2D eigenvalue weighted by atomic mass is 16.5. The standard InChI is InChI=1S/C16H17NO8/c1-22-14(19)9-7-25-8-17(13(9)16(21)24-3)10-5-4-6-11(18)12(10)15(20)23-2/h4-6,18H,7-8H2,1-3H3. The van der Waals surface area contributed by atoms with Gasteiger partial charge < -0.3 is 29.0 Å². The first-order valence-electron chi connectivity index (χ1n) is 7.11. The largest absolute Gasteiger partial charge is 0.507 e. The highest BCUT2D eigenvalue weighted by Crippen LogP contribution is 2.34. The van der Waals surface area contributed by atoms with E-state index in [0.717, 1.165) is 21.3 Å². The Bertz CT molecular complexity index is 740. The van der Waals surface area contributed by atoms with E-state index in [9.17, 15) is 19.5 Å². The lowest BCUT2D eigenvalue weighted by Gasteiger charge is -2.32. The van der Waals surface area contributed by atoms with Crippen LogP contribution in [0.1, 0.15) is 10.4 Å². The van der Waals surface area contributed by atoms with Gasteiger partial charge >= 0.3 is 17.9 Å². The number of phenolic OH excluding ortho intramolecular Hbond substituents is 1. The second-order valence-electron chi connectivity index (χ2n) is 4.88. The Balaban J connectivity index is 2.69. The lowest BCUT2D eigenvalue weighted by Crippen LogP contribution is -2.39. The van der Waals surface area contributed by atoms with Crippen molar-refractivity contribution in [2.24, 2.45) is 0 Å². The van der Waals surface area contributed by atoms with E-state index in [-0.39, 0.29) is 41.6 Å². The number of hydrogen-bond acceptors (Lipinski definition) is 9. The molecule has 25 heavy (non-hydrogen) atoms. The van der Waals surface area contributed by atoms with Crippen LogP contribution in [0.25, 0.3) is 0 Å². The molecule has 0 saturated carbocycles. The Morgan fingerprint density at radius 3 is 2.28 bits per heavy atom. The van der Waals surface area contributed by atoms with E-state index in [1.165, 1.54) is 23.1 Å². The van der Waals surface area contributed by atoms with Crippen LogP contribution in [-0.2, 0) is 28.5 Å². The van der Waals surface area contributed by atoms with Crippen molar-refractivity contribution in [1.82, 2.24) is 0 Å². The van der Waals surface area contributed by atoms with Crippen LogP contribution in [0.2, 0.25) is 0 Å². The zero-order chi connectivity index (χ0) is 18.6. The second kappa shape index (κ2) is 7.67. The minimum absolute atomic E-state index is 0.0697. The van der Waals surface area contributed by atoms with Gasteiger partial charge in [-0.3, -0.25) is 0 Å². The van der Waals surface area contributed by atoms with Crippen molar-refractivity contribution in [3.05, 3.63) is 35.0 Å². The Kier molecular flexibility index (Phi) is 5.60. The molecule has 0 radical (unpaired) electrons. The molecule has 0 unspecified atom stereocenters. The number of phenols is 1. The number of ether oxygens (including phenoxy) is 4. The number of nitrogens with zero attached hydrogens (tertiary/aromatic N) is 1. The van der Waals surface area contributed by atoms with Gasteiger partial charge in [0.15, 0.2) is 0 Å². The lowest BCUT2D eigenvalue weighted by molar-refractivity contribution is -0.140. The number of methoxy groups -OCH3 is 3. The van der Waals surface area contributed by atoms with Crippen LogP contribution in [0.4, 0.5) is 5.69 Å². The Labute approximate surface area is 143 Å². The van der Waals surface area contributed by atoms with Gasteiger partial charge in [-0.25, -0.2) is 14.4 Å². The number of aromatic hydroxyl groups is 1. The predicted octanol–water partition coefficient (Wildman–Crippen LogP) is 0.573. The van der Waals surface area contributed by atoms with Gasteiger partial charge in [-0.1, -0.05) is 6.07 Å². The fraction of sp³-hybridized carbons (Fsp3) is 0.312. The van der Waals surface area contributed by atoms with Gasteiger partial charge in [0, 0.05) is 0 Å². The first kappa shape index (κ1) is 18.3. The van der Waals surface area contributed by atoms with Gasteiger partial charge in [-0.15, -0.1) is 0 Å². The van der Waals surface area contributed by atoms with Crippen molar-refractivity contribution in [2.75, 3.05) is 39.6 Å². The van der Waals surface area contributed by atoms with Crippen molar-refractivity contribution >= 4 is 23.6 Å². The summed E-state index contributed by atoms with van der Waals surface area (Å²) in [6, 6.07) is 4.24. The average molecular weight is 351 g/mol. The molecule has 1 aliphatic heterocycles. The molecule has 0 fully saturated rings. The molecule has 9 heteroatoms. The molecule has 1 aromatic rings. The van der Waals surface area contributed by atoms with E-state index in [2.05, 4.69) is 9.47 Å². The monoisotopic (exact) mass is 351 g/mol. The predicted molar refractivity (Wildman–Crippen MR) is 83.8 cm³/mol. The Morgan fingerprint density at radius 2 is 1.68 bits per heavy atom. The second-order valence-corrected chi connectivity index (χ2v) is 4.88. The maximum atomic E-state index is 12.3. The molecular weight excluding hydrogens is 334 g/mol. The molecule has 0 bridgehead atoms. The third-order valence-corrected chi connectivity index (χ3v) is 3.53. The summed E-state index contributed by atoms with van der Waals surface area (Å²) in [5.41, 5.74) is -0.273. The zero-order valence-electron chi connectivity index (χ0n) is 13.9. The molecule has 0 atom stereocenters. The van der Waals surface area contributed by atoms with Crippen LogP contribution in [0, 0.1) is 0 Å². The van der Waals surface area contributed by atoms with E-state index in [1.54, 1.807) is 0 Å². The fourth-order valence-electron chi connectivity index (χ4n) is 2.40. The number of anilines is 1. The van der Waals surface area contributed by atoms with Crippen LogP contribution in [-0.4, -0.2) is 57.7 Å². The van der Waals surface area contributed by atoms with Crippen LogP contribution in [0.3, 0.4) is 0 Å². The summed E-state index contributed by atoms with van der Waals surface area (Å²) in [6.07, 6.45) is 0. The third-order valence-electron chi connectivity index (χ3n) is 3.53. The molecule has 0 aromatic heterocycles. The van der Waals surface area contributed by atoms with Crippen molar-refractivity contribution in [3.63, 3.8) is 0 Å². The lowest BCUT2D eigenvalue weighted by atomic mass is 10.1. The number of benzene rings is 1. The molecule has 1 aliphatic rings. The van der Waals surface area contributed by atoms with Crippen LogP contribution in [0.5, 0.6) is 5.75 Å². The highest BCUT2D eigenvalue weighted by molar-refractivity contribution is 6.06. The third kappa shape index (κ3) is 3.41. The molecular formula is C16H17NO8. The first-order chi connectivity index (χ1) is 12.0. The fourth-order valence-corrected chi connectivity index (χ4v) is 2.40. The van der Waals surface area contributed by atoms with Crippen LogP contribution < -0.4 is 4.90 Å². The van der Waals surface area contributed by atoms with Crippen molar-refractivity contribution in [2.45, 2.75) is 0 Å². The SMILES string of the molecule is COC(=O)C1=C(C(=O)OC)N(c2cccc(O)c2C(=O)OC)COC1. The minimum atomic E-state index is -0.817. The summed E-state index contributed by atoms with van der Waals surface area (Å²) >= 11 is 0. The summed E-state index contributed by atoms with van der Waals surface area (Å²) in [6.45, 7) is -0.321. The smallest absolute Gasteiger partial charge is 0.355 e. The number of esters is 3. The molecule has 0 saturated heterocycles. The molecule has 0 spiro atoms. The number of carbonyl (C=O) groups is 3. The molecule has 2 rings (SSSR count). The van der Waals surface area contributed by atoms with Gasteiger partial charge in [0.1, 0.15) is 23.7 Å². The number of hydrogen-bond donors (Lipinski definition) is 1. The molecule has 134 valence electrons. The molecule has 9 nitrogen and oxygen atoms in total. The van der Waals surface area contributed by atoms with E-state index in [0.29, 0.717) is 0 Å². The van der Waals surface area contributed by atoms with Crippen molar-refractivity contribution in [3.8, 4) is 5.75 Å². The van der Waals surface area contributed by atoms with Crippen LogP contribution >= 0.6 is 0 Å². The normalized spacial score (nSPS) is 14.1. The summed E-state index contributed by atoms with van der Waals surface area (Å²) in [7, 11) is 3.47. The summed E-state index contributed by atoms with van der Waals surface area (Å²) < 4.78 is 19.4. The minimum Gasteiger partial charge on any atom is -0.507 e. The summed E-state index contributed by atoms with van der Waals surface area (Å²) in [5, 5.41) is 10.0. The number of carbonyl (C=O) groups excluding carboxylic acids is 3. The maximum Gasteiger partial charge on any atom is 0.355 e. The van der Waals surface area contributed by atoms with Gasteiger partial charge in [0.25, 0.3) is 0 Å². The zero-order valence-corrected chi connectivity index (χ0v) is 13.9. The van der Waals surface area contributed by atoms with Gasteiger partial charge in [-0.05, 0) is 12.1 Å². The average Bonchev–Trinajstić information content (AvgIpc) is 2.65. The summed E-state index contributed by atoms with van der Waals surface area (Å²) in [4.78, 5) is 37.5. The van der Waals surface area contributed by atoms with Gasteiger partial charge in [0.05, 0.1) is 39.2 Å². The van der Waals surface area contributed by atoms with Crippen LogP contribution in [0.15, 0.2) is 29.5 Å². The van der Waals surface area contributed by atoms with E-state index in [4.69, 9.17) is 9.47 Å². The molecule has 1 N–H and O–H groups in total. The quantitative estimate of drug-likeness (QED) is 0.614. The van der Waals surface area contributed by atoms with E-state index >= 15 is 0 Å². The Hall–Kier alpha value is -3.07.